The van der Waals surface area contributed by atoms with Gasteiger partial charge in [-0.1, -0.05) is 61.0 Å². The molecule has 12 nitrogen and oxygen atoms in total. The number of carbonyl (C=O) groups excluding carboxylic acids is 3. The number of ketones is 3. The van der Waals surface area contributed by atoms with Crippen molar-refractivity contribution in [2.24, 2.45) is 7.05 Å². The maximum atomic E-state index is 14.3. The molecule has 0 spiro atoms. The van der Waals surface area contributed by atoms with Gasteiger partial charge in [-0.2, -0.15) is 8.42 Å². The van der Waals surface area contributed by atoms with Gasteiger partial charge in [-0.3, -0.25) is 28.5 Å². The summed E-state index contributed by atoms with van der Waals surface area (Å²) in [7, 11) is -3.16. The largest absolute Gasteiger partial charge is 0.481 e. The van der Waals surface area contributed by atoms with Gasteiger partial charge in [0.05, 0.1) is 33.8 Å². The molecule has 0 atom stereocenters. The minimum atomic E-state index is -4.70. The third-order valence-electron chi connectivity index (χ3n) is 9.07. The van der Waals surface area contributed by atoms with Gasteiger partial charge in [0.15, 0.2) is 17.3 Å². The number of rotatable bonds is 15. The van der Waals surface area contributed by atoms with Crippen molar-refractivity contribution >= 4 is 55.7 Å². The van der Waals surface area contributed by atoms with Gasteiger partial charge in [-0.15, -0.1) is 0 Å². The molecule has 52 heavy (non-hydrogen) atoms. The Bertz CT molecular complexity index is 2440. The van der Waals surface area contributed by atoms with Crippen molar-refractivity contribution in [3.8, 4) is 11.1 Å². The number of hydrogen-bond acceptors (Lipinski definition) is 9. The Balaban J connectivity index is 1.39. The highest BCUT2D eigenvalue weighted by molar-refractivity contribution is 7.85. The molecule has 5 aromatic rings. The fourth-order valence-electron chi connectivity index (χ4n) is 6.63. The molecule has 0 amide bonds. The second-order valence-electron chi connectivity index (χ2n) is 12.6. The number of aryl methyl sites for hydroxylation is 1. The van der Waals surface area contributed by atoms with Gasteiger partial charge >= 0.3 is 5.97 Å². The number of fused-ring (bicyclic) bond motifs is 2. The van der Waals surface area contributed by atoms with Crippen LogP contribution in [0.4, 0.5) is 11.4 Å². The van der Waals surface area contributed by atoms with Gasteiger partial charge in [-0.25, -0.2) is 0 Å². The first-order valence-electron chi connectivity index (χ1n) is 16.6. The number of nitrogens with zero attached hydrogens (tertiary/aromatic N) is 1. The SMILES string of the molecule is Cn1c(=O)c(C(=O)c2ccccc2)c2c3c(c(Nc4ccc(S(=O)(=O)O)c(CC(=O)CNCCCCCC(=O)O)c4)ccc31)C(=O)c1ccccc1-2. The molecule has 0 saturated heterocycles. The Morgan fingerprint density at radius 2 is 1.54 bits per heavy atom. The van der Waals surface area contributed by atoms with E-state index in [0.29, 0.717) is 70.3 Å². The maximum absolute atomic E-state index is 14.3. The number of anilines is 2. The van der Waals surface area contributed by atoms with Crippen LogP contribution in [0.1, 0.15) is 63.1 Å². The van der Waals surface area contributed by atoms with E-state index in [-0.39, 0.29) is 47.6 Å². The molecule has 4 aromatic carbocycles. The Morgan fingerprint density at radius 1 is 0.827 bits per heavy atom. The number of nitrogens with one attached hydrogen (secondary N) is 2. The molecule has 13 heteroatoms. The molecule has 6 rings (SSSR count). The average molecular weight is 722 g/mol. The van der Waals surface area contributed by atoms with E-state index >= 15 is 0 Å². The first-order chi connectivity index (χ1) is 24.9. The third kappa shape index (κ3) is 7.19. The summed E-state index contributed by atoms with van der Waals surface area (Å²) >= 11 is 0. The summed E-state index contributed by atoms with van der Waals surface area (Å²) in [6.45, 7) is 0.391. The highest BCUT2D eigenvalue weighted by atomic mass is 32.2. The van der Waals surface area contributed by atoms with Gasteiger partial charge in [-0.05, 0) is 60.8 Å². The van der Waals surface area contributed by atoms with Crippen molar-refractivity contribution in [2.75, 3.05) is 18.4 Å². The second-order valence-corrected chi connectivity index (χ2v) is 14.0. The van der Waals surface area contributed by atoms with E-state index in [4.69, 9.17) is 5.11 Å². The molecular weight excluding hydrogens is 687 g/mol. The number of hydrogen-bond donors (Lipinski definition) is 4. The molecule has 266 valence electrons. The number of unbranched alkanes of at least 4 members (excludes halogenated alkanes) is 2. The molecule has 0 saturated carbocycles. The fourth-order valence-corrected chi connectivity index (χ4v) is 7.33. The molecule has 4 N–H and O–H groups in total. The van der Waals surface area contributed by atoms with E-state index in [1.54, 1.807) is 66.7 Å². The van der Waals surface area contributed by atoms with Crippen molar-refractivity contribution in [2.45, 2.75) is 37.0 Å². The number of aliphatic carboxylic acids is 1. The molecule has 0 fully saturated rings. The van der Waals surface area contributed by atoms with Crippen molar-refractivity contribution in [3.63, 3.8) is 0 Å². The number of Topliss-reactive ketones (excluding diaryl/α,β-unsaturated/α-hetero) is 1. The van der Waals surface area contributed by atoms with E-state index < -0.39 is 32.3 Å². The lowest BCUT2D eigenvalue weighted by molar-refractivity contribution is -0.137. The average Bonchev–Trinajstić information content (AvgIpc) is 3.11. The van der Waals surface area contributed by atoms with Crippen LogP contribution in [0, 0.1) is 0 Å². The number of aromatic nitrogens is 1. The summed E-state index contributed by atoms with van der Waals surface area (Å²) in [5.41, 5.74) is 2.09. The molecule has 1 aromatic heterocycles. The lowest BCUT2D eigenvalue weighted by Crippen LogP contribution is -2.29. The Morgan fingerprint density at radius 3 is 2.25 bits per heavy atom. The van der Waals surface area contributed by atoms with Gasteiger partial charge < -0.3 is 20.3 Å². The van der Waals surface area contributed by atoms with Crippen molar-refractivity contribution in [1.29, 1.82) is 0 Å². The van der Waals surface area contributed by atoms with E-state index in [2.05, 4.69) is 10.6 Å². The first-order valence-corrected chi connectivity index (χ1v) is 18.1. The van der Waals surface area contributed by atoms with Gasteiger partial charge in [0.1, 0.15) is 0 Å². The van der Waals surface area contributed by atoms with Gasteiger partial charge in [0.25, 0.3) is 15.7 Å². The zero-order chi connectivity index (χ0) is 37.2. The van der Waals surface area contributed by atoms with Gasteiger partial charge in [0, 0.05) is 47.7 Å². The quantitative estimate of drug-likeness (QED) is 0.0611. The van der Waals surface area contributed by atoms with Crippen LogP contribution in [0.25, 0.3) is 22.0 Å². The monoisotopic (exact) mass is 721 g/mol. The molecule has 0 bridgehead atoms. The smallest absolute Gasteiger partial charge is 0.303 e. The molecule has 0 aliphatic heterocycles. The topological polar surface area (TPSA) is 189 Å². The van der Waals surface area contributed by atoms with Gasteiger partial charge in [0.2, 0.25) is 0 Å². The molecule has 1 heterocycles. The minimum Gasteiger partial charge on any atom is -0.481 e. The van der Waals surface area contributed by atoms with Crippen LogP contribution in [0.3, 0.4) is 0 Å². The van der Waals surface area contributed by atoms with Crippen LogP contribution in [0.15, 0.2) is 94.6 Å². The van der Waals surface area contributed by atoms with Crippen molar-refractivity contribution in [1.82, 2.24) is 9.88 Å². The lowest BCUT2D eigenvalue weighted by Gasteiger charge is -2.25. The fraction of sp³-hybridized carbons (Fsp3) is 0.205. The van der Waals surface area contributed by atoms with E-state index in [1.165, 1.54) is 29.8 Å². The summed E-state index contributed by atoms with van der Waals surface area (Å²) < 4.78 is 35.9. The standard InChI is InChI=1S/C39H35N3O9S/c1-42-30-17-16-29(41-25-15-18-31(52(49,50)51)24(20-25)21-26(43)22-40-19-9-3-6-14-32(44)45)34-35(30)33(27-12-7-8-13-28(27)38(34)47)36(39(42)48)37(46)23-10-4-2-5-11-23/h2,4-5,7-8,10-13,15-18,20,40-41H,3,6,9,14,19,21-22H2,1H3,(H,44,45)(H,49,50,51). The third-order valence-corrected chi connectivity index (χ3v) is 10.0. The number of carboxylic acid groups (broad SMARTS) is 1. The number of pyridine rings is 1. The van der Waals surface area contributed by atoms with Crippen LogP contribution in [0.2, 0.25) is 0 Å². The first kappa shape index (κ1) is 36.0. The second kappa shape index (κ2) is 14.8. The Labute approximate surface area is 298 Å². The molecule has 1 aliphatic rings. The molecule has 1 aliphatic carbocycles. The normalized spacial score (nSPS) is 12.1. The maximum Gasteiger partial charge on any atom is 0.303 e. The minimum absolute atomic E-state index is 0.0330. The highest BCUT2D eigenvalue weighted by Gasteiger charge is 2.34. The van der Waals surface area contributed by atoms with Crippen molar-refractivity contribution < 1.29 is 37.3 Å². The summed E-state index contributed by atoms with van der Waals surface area (Å²) in [4.78, 5) is 65.3. The Kier molecular flexibility index (Phi) is 10.3. The van der Waals surface area contributed by atoms with E-state index in [1.807, 2.05) is 0 Å². The highest BCUT2D eigenvalue weighted by Crippen LogP contribution is 2.44. The number of carboxylic acids is 1. The summed E-state index contributed by atoms with van der Waals surface area (Å²) in [6, 6.07) is 22.4. The summed E-state index contributed by atoms with van der Waals surface area (Å²) in [5, 5.41) is 15.3. The Hall–Kier alpha value is -5.76. The predicted octanol–water partition coefficient (Wildman–Crippen LogP) is 5.32. The molecular formula is C39H35N3O9S. The number of carbonyl (C=O) groups is 4. The molecule has 0 unspecified atom stereocenters. The lowest BCUT2D eigenvalue weighted by atomic mass is 9.80. The van der Waals surface area contributed by atoms with Crippen LogP contribution in [-0.4, -0.2) is 59.1 Å². The number of benzene rings is 4. The van der Waals surface area contributed by atoms with Crippen LogP contribution in [0.5, 0.6) is 0 Å². The summed E-state index contributed by atoms with van der Waals surface area (Å²) in [6.07, 6.45) is 1.59. The zero-order valence-corrected chi connectivity index (χ0v) is 29.0. The predicted molar refractivity (Wildman–Crippen MR) is 195 cm³/mol. The van der Waals surface area contributed by atoms with Crippen LogP contribution in [-0.2, 0) is 33.2 Å². The van der Waals surface area contributed by atoms with E-state index in [9.17, 15) is 36.9 Å². The summed E-state index contributed by atoms with van der Waals surface area (Å²) in [5.74, 6) is -2.06. The van der Waals surface area contributed by atoms with Crippen LogP contribution >= 0.6 is 0 Å². The van der Waals surface area contributed by atoms with E-state index in [0.717, 1.165) is 0 Å². The zero-order valence-electron chi connectivity index (χ0n) is 28.1. The van der Waals surface area contributed by atoms with Crippen LogP contribution < -0.4 is 16.2 Å². The molecule has 0 radical (unpaired) electrons. The van der Waals surface area contributed by atoms with Crippen molar-refractivity contribution in [3.05, 3.63) is 123 Å².